The Balaban J connectivity index is 1.33. The quantitative estimate of drug-likeness (QED) is 0.869. The summed E-state index contributed by atoms with van der Waals surface area (Å²) in [6.45, 7) is 0. The maximum Gasteiger partial charge on any atom is 0.0210 e. The lowest BCUT2D eigenvalue weighted by molar-refractivity contribution is 0.266. The Hall–Kier alpha value is -1.12. The van der Waals surface area contributed by atoms with Gasteiger partial charge in [-0.1, -0.05) is 58.4 Å². The average Bonchev–Trinajstić information content (AvgIpc) is 2.86. The van der Waals surface area contributed by atoms with Crippen molar-refractivity contribution in [3.05, 3.63) is 69.7 Å². The Morgan fingerprint density at radius 3 is 2.10 bits per heavy atom. The highest BCUT2D eigenvalue weighted by atomic mass is 79.9. The Labute approximate surface area is 134 Å². The van der Waals surface area contributed by atoms with E-state index in [1.807, 2.05) is 0 Å². The lowest BCUT2D eigenvalue weighted by Gasteiger charge is -2.38. The van der Waals surface area contributed by atoms with Crippen LogP contribution in [-0.2, 0) is 12.8 Å². The molecule has 0 unspecified atom stereocenters. The molecule has 1 fully saturated rings. The first-order chi connectivity index (χ1) is 10.3. The molecule has 0 spiro atoms. The summed E-state index contributed by atoms with van der Waals surface area (Å²) in [4.78, 5) is 0. The number of benzene rings is 2. The van der Waals surface area contributed by atoms with Crippen LogP contribution in [-0.4, -0.2) is 12.1 Å². The highest BCUT2D eigenvalue weighted by Gasteiger charge is 2.33. The molecule has 1 saturated carbocycles. The molecule has 108 valence electrons. The molecule has 2 aromatic rings. The predicted molar refractivity (Wildman–Crippen MR) is 90.7 cm³/mol. The zero-order valence-electron chi connectivity index (χ0n) is 12.1. The molecular weight excluding hydrogens is 322 g/mol. The summed E-state index contributed by atoms with van der Waals surface area (Å²) in [5.41, 5.74) is 4.55. The van der Waals surface area contributed by atoms with E-state index in [4.69, 9.17) is 0 Å². The molecule has 0 bridgehead atoms. The van der Waals surface area contributed by atoms with E-state index in [2.05, 4.69) is 69.8 Å². The predicted octanol–water partition coefficient (Wildman–Crippen LogP) is 4.45. The minimum absolute atomic E-state index is 0.646. The van der Waals surface area contributed by atoms with Crippen molar-refractivity contribution >= 4 is 15.9 Å². The Morgan fingerprint density at radius 1 is 0.810 bits per heavy atom. The van der Waals surface area contributed by atoms with E-state index >= 15 is 0 Å². The van der Waals surface area contributed by atoms with Crippen molar-refractivity contribution in [3.8, 4) is 0 Å². The summed E-state index contributed by atoms with van der Waals surface area (Å²) >= 11 is 3.68. The van der Waals surface area contributed by atoms with Gasteiger partial charge in [-0.05, 0) is 54.4 Å². The maximum absolute atomic E-state index is 3.87. The average molecular weight is 342 g/mol. The number of hydrogen-bond donors (Lipinski definition) is 1. The van der Waals surface area contributed by atoms with Crippen LogP contribution in [0.15, 0.2) is 53.0 Å². The van der Waals surface area contributed by atoms with E-state index < -0.39 is 0 Å². The molecule has 2 aliphatic rings. The van der Waals surface area contributed by atoms with Gasteiger partial charge in [0.15, 0.2) is 0 Å². The van der Waals surface area contributed by atoms with Crippen molar-refractivity contribution in [1.82, 2.24) is 5.32 Å². The van der Waals surface area contributed by atoms with Crippen molar-refractivity contribution in [1.29, 1.82) is 0 Å². The second-order valence-electron chi connectivity index (χ2n) is 6.43. The monoisotopic (exact) mass is 341 g/mol. The minimum atomic E-state index is 0.646. The van der Waals surface area contributed by atoms with E-state index in [1.54, 1.807) is 0 Å². The van der Waals surface area contributed by atoms with Crippen LogP contribution >= 0.6 is 15.9 Å². The standard InChI is InChI=1S/C19H20BrN/c20-19-8-4-3-7-18(19)15-11-17(12-15)21-16-9-13-5-1-2-6-14(13)10-16/h1-8,15-17,21H,9-12H2. The molecule has 0 amide bonds. The molecular formula is C19H20BrN. The lowest BCUT2D eigenvalue weighted by atomic mass is 9.75. The second kappa shape index (κ2) is 5.58. The lowest BCUT2D eigenvalue weighted by Crippen LogP contribution is -2.46. The van der Waals surface area contributed by atoms with Gasteiger partial charge in [0, 0.05) is 16.6 Å². The third-order valence-corrected chi connectivity index (χ3v) is 5.73. The number of fused-ring (bicyclic) bond motifs is 1. The van der Waals surface area contributed by atoms with Crippen molar-refractivity contribution in [2.24, 2.45) is 0 Å². The van der Waals surface area contributed by atoms with Crippen molar-refractivity contribution in [2.75, 3.05) is 0 Å². The molecule has 0 atom stereocenters. The molecule has 0 aliphatic heterocycles. The molecule has 2 heteroatoms. The summed E-state index contributed by atoms with van der Waals surface area (Å²) in [5.74, 6) is 0.724. The molecule has 0 heterocycles. The van der Waals surface area contributed by atoms with Crippen LogP contribution in [0.1, 0.15) is 35.4 Å². The summed E-state index contributed by atoms with van der Waals surface area (Å²) in [6, 6.07) is 18.9. The fourth-order valence-corrected chi connectivity index (χ4v) is 4.43. The molecule has 1 N–H and O–H groups in total. The molecule has 2 aliphatic carbocycles. The zero-order valence-corrected chi connectivity index (χ0v) is 13.6. The van der Waals surface area contributed by atoms with Crippen LogP contribution in [0.3, 0.4) is 0 Å². The fourth-order valence-electron chi connectivity index (χ4n) is 3.82. The largest absolute Gasteiger partial charge is 0.311 e. The van der Waals surface area contributed by atoms with E-state index in [0.29, 0.717) is 12.1 Å². The summed E-state index contributed by atoms with van der Waals surface area (Å²) in [6.07, 6.45) is 4.95. The molecule has 2 aromatic carbocycles. The van der Waals surface area contributed by atoms with Gasteiger partial charge in [-0.25, -0.2) is 0 Å². The van der Waals surface area contributed by atoms with Crippen LogP contribution in [0.25, 0.3) is 0 Å². The van der Waals surface area contributed by atoms with Crippen LogP contribution in [0.5, 0.6) is 0 Å². The molecule has 0 radical (unpaired) electrons. The first kappa shape index (κ1) is 13.5. The van der Waals surface area contributed by atoms with Crippen molar-refractivity contribution < 1.29 is 0 Å². The number of halogens is 1. The first-order valence-corrected chi connectivity index (χ1v) is 8.66. The SMILES string of the molecule is Brc1ccccc1C1CC(NC2Cc3ccccc3C2)C1. The highest BCUT2D eigenvalue weighted by molar-refractivity contribution is 9.10. The van der Waals surface area contributed by atoms with E-state index in [0.717, 1.165) is 5.92 Å². The molecule has 21 heavy (non-hydrogen) atoms. The van der Waals surface area contributed by atoms with Crippen molar-refractivity contribution in [2.45, 2.75) is 43.7 Å². The fraction of sp³-hybridized carbons (Fsp3) is 0.368. The zero-order chi connectivity index (χ0) is 14.2. The van der Waals surface area contributed by atoms with Gasteiger partial charge >= 0.3 is 0 Å². The number of rotatable bonds is 3. The summed E-state index contributed by atoms with van der Waals surface area (Å²) in [7, 11) is 0. The topological polar surface area (TPSA) is 12.0 Å². The van der Waals surface area contributed by atoms with Gasteiger partial charge in [-0.3, -0.25) is 0 Å². The number of nitrogens with one attached hydrogen (secondary N) is 1. The molecule has 0 aromatic heterocycles. The van der Waals surface area contributed by atoms with Gasteiger partial charge in [-0.2, -0.15) is 0 Å². The number of hydrogen-bond acceptors (Lipinski definition) is 1. The van der Waals surface area contributed by atoms with Crippen LogP contribution in [0.4, 0.5) is 0 Å². The van der Waals surface area contributed by atoms with Gasteiger partial charge in [0.05, 0.1) is 0 Å². The van der Waals surface area contributed by atoms with Gasteiger partial charge in [0.2, 0.25) is 0 Å². The maximum atomic E-state index is 3.87. The first-order valence-electron chi connectivity index (χ1n) is 7.87. The van der Waals surface area contributed by atoms with E-state index in [9.17, 15) is 0 Å². The third-order valence-electron chi connectivity index (χ3n) is 5.01. The molecule has 0 saturated heterocycles. The smallest absolute Gasteiger partial charge is 0.0210 e. The van der Waals surface area contributed by atoms with E-state index in [-0.39, 0.29) is 0 Å². The summed E-state index contributed by atoms with van der Waals surface area (Å²) < 4.78 is 1.27. The highest BCUT2D eigenvalue weighted by Crippen LogP contribution is 2.40. The Kier molecular flexibility index (Phi) is 3.60. The third kappa shape index (κ3) is 2.67. The van der Waals surface area contributed by atoms with Crippen molar-refractivity contribution in [3.63, 3.8) is 0 Å². The van der Waals surface area contributed by atoms with Gasteiger partial charge in [-0.15, -0.1) is 0 Å². The van der Waals surface area contributed by atoms with Gasteiger partial charge in [0.25, 0.3) is 0 Å². The second-order valence-corrected chi connectivity index (χ2v) is 7.28. The minimum Gasteiger partial charge on any atom is -0.311 e. The van der Waals surface area contributed by atoms with Crippen LogP contribution in [0.2, 0.25) is 0 Å². The normalized spacial score (nSPS) is 24.6. The van der Waals surface area contributed by atoms with Crippen LogP contribution in [0, 0.1) is 0 Å². The van der Waals surface area contributed by atoms with Crippen LogP contribution < -0.4 is 5.32 Å². The van der Waals surface area contributed by atoms with Gasteiger partial charge < -0.3 is 5.32 Å². The Bertz CT molecular complexity index is 621. The summed E-state index contributed by atoms with van der Waals surface area (Å²) in [5, 5.41) is 3.87. The molecule has 1 nitrogen and oxygen atoms in total. The van der Waals surface area contributed by atoms with E-state index in [1.165, 1.54) is 46.8 Å². The van der Waals surface area contributed by atoms with Gasteiger partial charge in [0.1, 0.15) is 0 Å². The Morgan fingerprint density at radius 2 is 1.43 bits per heavy atom. The molecule has 4 rings (SSSR count).